The molecule has 0 radical (unpaired) electrons. The third-order valence-corrected chi connectivity index (χ3v) is 4.63. The summed E-state index contributed by atoms with van der Waals surface area (Å²) in [6.45, 7) is 3.15. The third kappa shape index (κ3) is 4.84. The van der Waals surface area contributed by atoms with Crippen molar-refractivity contribution in [3.05, 3.63) is 65.5 Å². The van der Waals surface area contributed by atoms with Gasteiger partial charge in [0.2, 0.25) is 5.91 Å². The fourth-order valence-electron chi connectivity index (χ4n) is 2.91. The quantitative estimate of drug-likeness (QED) is 0.745. The minimum Gasteiger partial charge on any atom is -0.496 e. The number of ether oxygens (including phenoxy) is 1. The highest BCUT2D eigenvalue weighted by Crippen LogP contribution is 2.26. The van der Waals surface area contributed by atoms with E-state index in [1.807, 2.05) is 0 Å². The van der Waals surface area contributed by atoms with Crippen LogP contribution in [-0.4, -0.2) is 30.6 Å². The van der Waals surface area contributed by atoms with Crippen molar-refractivity contribution in [1.82, 2.24) is 5.32 Å². The lowest BCUT2D eigenvalue weighted by atomic mass is 9.83. The van der Waals surface area contributed by atoms with Gasteiger partial charge in [-0.25, -0.2) is 4.39 Å². The predicted molar refractivity (Wildman–Crippen MR) is 100 cm³/mol. The number of carboxylic acid groups (broad SMARTS) is 1. The van der Waals surface area contributed by atoms with Gasteiger partial charge in [-0.3, -0.25) is 9.59 Å². The van der Waals surface area contributed by atoms with Crippen LogP contribution in [0.4, 0.5) is 4.39 Å². The first-order valence-corrected chi connectivity index (χ1v) is 8.65. The number of rotatable bonds is 8. The fraction of sp³-hybridized carbons (Fsp3) is 0.333. The number of nitrogens with one attached hydrogen (secondary N) is 1. The summed E-state index contributed by atoms with van der Waals surface area (Å²) in [5.74, 6) is -2.16. The maximum Gasteiger partial charge on any atom is 0.308 e. The SMILES string of the molecule is COc1ccccc1CC(CNC(=O)C(C)(C)c1ccccc1F)C(=O)O. The number of methoxy groups -OCH3 is 1. The van der Waals surface area contributed by atoms with Gasteiger partial charge in [-0.1, -0.05) is 36.4 Å². The highest BCUT2D eigenvalue weighted by Gasteiger charge is 2.33. The number of hydrogen-bond donors (Lipinski definition) is 2. The first-order chi connectivity index (χ1) is 12.8. The summed E-state index contributed by atoms with van der Waals surface area (Å²) in [4.78, 5) is 24.3. The molecular weight excluding hydrogens is 349 g/mol. The Morgan fingerprint density at radius 1 is 1.15 bits per heavy atom. The molecule has 5 nitrogen and oxygen atoms in total. The van der Waals surface area contributed by atoms with Crippen LogP contribution in [0, 0.1) is 11.7 Å². The van der Waals surface area contributed by atoms with Crippen molar-refractivity contribution < 1.29 is 23.8 Å². The minimum absolute atomic E-state index is 0.0654. The molecule has 0 saturated carbocycles. The molecule has 1 atom stereocenters. The molecule has 27 heavy (non-hydrogen) atoms. The van der Waals surface area contributed by atoms with Gasteiger partial charge >= 0.3 is 5.97 Å². The van der Waals surface area contributed by atoms with Crippen molar-refractivity contribution in [3.8, 4) is 5.75 Å². The van der Waals surface area contributed by atoms with E-state index >= 15 is 0 Å². The smallest absolute Gasteiger partial charge is 0.308 e. The number of carbonyl (C=O) groups is 2. The minimum atomic E-state index is -1.13. The number of carboxylic acids is 1. The zero-order valence-electron chi connectivity index (χ0n) is 15.7. The molecular formula is C21H24FNO4. The summed E-state index contributed by atoms with van der Waals surface area (Å²) in [7, 11) is 1.52. The van der Waals surface area contributed by atoms with Crippen molar-refractivity contribution >= 4 is 11.9 Å². The Morgan fingerprint density at radius 3 is 2.41 bits per heavy atom. The van der Waals surface area contributed by atoms with E-state index in [1.165, 1.54) is 13.2 Å². The Hall–Kier alpha value is -2.89. The normalized spacial score (nSPS) is 12.3. The molecule has 0 bridgehead atoms. The number of hydrogen-bond acceptors (Lipinski definition) is 3. The Balaban J connectivity index is 2.10. The van der Waals surface area contributed by atoms with Crippen molar-refractivity contribution in [3.63, 3.8) is 0 Å². The first kappa shape index (κ1) is 20.4. The molecule has 1 amide bonds. The molecule has 2 rings (SSSR count). The van der Waals surface area contributed by atoms with Gasteiger partial charge in [-0.15, -0.1) is 0 Å². The Bertz CT molecular complexity index is 819. The van der Waals surface area contributed by atoms with Crippen molar-refractivity contribution in [2.75, 3.05) is 13.7 Å². The number of aliphatic carboxylic acids is 1. The van der Waals surface area contributed by atoms with Crippen molar-refractivity contribution in [2.24, 2.45) is 5.92 Å². The van der Waals surface area contributed by atoms with Gasteiger partial charge in [0.25, 0.3) is 0 Å². The van der Waals surface area contributed by atoms with Gasteiger partial charge in [0.15, 0.2) is 0 Å². The van der Waals surface area contributed by atoms with Crippen LogP contribution in [0.5, 0.6) is 5.75 Å². The standard InChI is InChI=1S/C21H24FNO4/c1-21(2,16-9-5-6-10-17(16)22)20(26)23-13-15(19(24)25)12-14-8-4-7-11-18(14)27-3/h4-11,15H,12-13H2,1-3H3,(H,23,26)(H,24,25). The highest BCUT2D eigenvalue weighted by atomic mass is 19.1. The molecule has 0 aromatic heterocycles. The van der Waals surface area contributed by atoms with E-state index in [9.17, 15) is 19.1 Å². The number of para-hydroxylation sites is 1. The van der Waals surface area contributed by atoms with Crippen LogP contribution in [0.2, 0.25) is 0 Å². The monoisotopic (exact) mass is 373 g/mol. The van der Waals surface area contributed by atoms with E-state index in [-0.39, 0.29) is 18.5 Å². The average Bonchev–Trinajstić information content (AvgIpc) is 2.65. The van der Waals surface area contributed by atoms with E-state index in [4.69, 9.17) is 4.74 Å². The zero-order chi connectivity index (χ0) is 20.0. The molecule has 0 fully saturated rings. The molecule has 0 saturated heterocycles. The molecule has 2 aromatic rings. The molecule has 6 heteroatoms. The van der Waals surface area contributed by atoms with E-state index < -0.39 is 29.0 Å². The summed E-state index contributed by atoms with van der Waals surface area (Å²) in [5, 5.41) is 12.2. The second kappa shape index (κ2) is 8.66. The van der Waals surface area contributed by atoms with Gasteiger partial charge in [-0.2, -0.15) is 0 Å². The molecule has 0 spiro atoms. The van der Waals surface area contributed by atoms with Crippen LogP contribution < -0.4 is 10.1 Å². The second-order valence-electron chi connectivity index (χ2n) is 6.87. The fourth-order valence-corrected chi connectivity index (χ4v) is 2.91. The van der Waals surface area contributed by atoms with E-state index in [1.54, 1.807) is 56.3 Å². The molecule has 0 aliphatic carbocycles. The van der Waals surface area contributed by atoms with Crippen LogP contribution in [-0.2, 0) is 21.4 Å². The van der Waals surface area contributed by atoms with E-state index in [0.29, 0.717) is 5.75 Å². The molecule has 2 N–H and O–H groups in total. The lowest BCUT2D eigenvalue weighted by molar-refractivity contribution is -0.141. The molecule has 0 heterocycles. The lowest BCUT2D eigenvalue weighted by Crippen LogP contribution is -2.44. The number of benzene rings is 2. The van der Waals surface area contributed by atoms with Crippen LogP contribution in [0.3, 0.4) is 0 Å². The van der Waals surface area contributed by atoms with Gasteiger partial charge in [0.1, 0.15) is 11.6 Å². The van der Waals surface area contributed by atoms with Gasteiger partial charge in [-0.05, 0) is 38.0 Å². The van der Waals surface area contributed by atoms with Gasteiger partial charge < -0.3 is 15.2 Å². The summed E-state index contributed by atoms with van der Waals surface area (Å²) in [5.41, 5.74) is -0.118. The van der Waals surface area contributed by atoms with Gasteiger partial charge in [0, 0.05) is 12.1 Å². The predicted octanol–water partition coefficient (Wildman–Crippen LogP) is 3.17. The number of amides is 1. The Kier molecular flexibility index (Phi) is 6.55. The zero-order valence-corrected chi connectivity index (χ0v) is 15.7. The lowest BCUT2D eigenvalue weighted by Gasteiger charge is -2.25. The van der Waals surface area contributed by atoms with Crippen molar-refractivity contribution in [1.29, 1.82) is 0 Å². The largest absolute Gasteiger partial charge is 0.496 e. The topological polar surface area (TPSA) is 75.6 Å². The third-order valence-electron chi connectivity index (χ3n) is 4.63. The molecule has 0 aliphatic heterocycles. The molecule has 1 unspecified atom stereocenters. The molecule has 2 aromatic carbocycles. The van der Waals surface area contributed by atoms with Crippen LogP contribution in [0.15, 0.2) is 48.5 Å². The van der Waals surface area contributed by atoms with E-state index in [2.05, 4.69) is 5.32 Å². The first-order valence-electron chi connectivity index (χ1n) is 8.65. The molecule has 144 valence electrons. The summed E-state index contributed by atoms with van der Waals surface area (Å²) in [6, 6.07) is 13.2. The summed E-state index contributed by atoms with van der Waals surface area (Å²) < 4.78 is 19.3. The van der Waals surface area contributed by atoms with Crippen LogP contribution in [0.1, 0.15) is 25.0 Å². The van der Waals surface area contributed by atoms with Crippen LogP contribution >= 0.6 is 0 Å². The maximum absolute atomic E-state index is 14.1. The Morgan fingerprint density at radius 2 is 1.78 bits per heavy atom. The molecule has 0 aliphatic rings. The van der Waals surface area contributed by atoms with Crippen molar-refractivity contribution in [2.45, 2.75) is 25.7 Å². The van der Waals surface area contributed by atoms with Gasteiger partial charge in [0.05, 0.1) is 18.4 Å². The second-order valence-corrected chi connectivity index (χ2v) is 6.87. The number of carbonyl (C=O) groups excluding carboxylic acids is 1. The maximum atomic E-state index is 14.1. The number of halogens is 1. The van der Waals surface area contributed by atoms with E-state index in [0.717, 1.165) is 5.56 Å². The van der Waals surface area contributed by atoms with Crippen LogP contribution in [0.25, 0.3) is 0 Å². The summed E-state index contributed by atoms with van der Waals surface area (Å²) in [6.07, 6.45) is 0.208. The average molecular weight is 373 g/mol. The highest BCUT2D eigenvalue weighted by molar-refractivity contribution is 5.87. The Labute approximate surface area is 158 Å². The summed E-state index contributed by atoms with van der Waals surface area (Å²) >= 11 is 0.